The Balaban J connectivity index is 1.47. The van der Waals surface area contributed by atoms with E-state index in [1.165, 1.54) is 6.07 Å². The molecule has 0 aromatic heterocycles. The molecular weight excluding hydrogens is 347 g/mol. The fourth-order valence-corrected chi connectivity index (χ4v) is 2.80. The molecule has 0 bridgehead atoms. The number of amides is 2. The van der Waals surface area contributed by atoms with Gasteiger partial charge in [-0.05, 0) is 30.2 Å². The van der Waals surface area contributed by atoms with Crippen LogP contribution in [0.1, 0.15) is 11.1 Å². The summed E-state index contributed by atoms with van der Waals surface area (Å²) >= 11 is 6.18. The van der Waals surface area contributed by atoms with Gasteiger partial charge in [0.1, 0.15) is 19.0 Å². The molecule has 7 heteroatoms. The van der Waals surface area contributed by atoms with Crippen molar-refractivity contribution in [2.75, 3.05) is 19.8 Å². The quantitative estimate of drug-likeness (QED) is 0.855. The van der Waals surface area contributed by atoms with Gasteiger partial charge >= 0.3 is 6.03 Å². The first kappa shape index (κ1) is 17.4. The van der Waals surface area contributed by atoms with Crippen LogP contribution in [0.4, 0.5) is 9.18 Å². The third-order valence-corrected chi connectivity index (χ3v) is 4.03. The lowest BCUT2D eigenvalue weighted by Crippen LogP contribution is -2.36. The van der Waals surface area contributed by atoms with Gasteiger partial charge in [-0.25, -0.2) is 9.18 Å². The number of carbonyl (C=O) groups excluding carboxylic acids is 1. The van der Waals surface area contributed by atoms with E-state index in [2.05, 4.69) is 10.6 Å². The minimum atomic E-state index is -0.355. The van der Waals surface area contributed by atoms with Gasteiger partial charge in [0.15, 0.2) is 11.5 Å². The highest BCUT2D eigenvalue weighted by Gasteiger charge is 2.16. The Hall–Kier alpha value is -2.47. The van der Waals surface area contributed by atoms with E-state index >= 15 is 0 Å². The molecule has 2 amide bonds. The van der Waals surface area contributed by atoms with E-state index in [1.54, 1.807) is 24.3 Å². The molecule has 0 saturated carbocycles. The number of urea groups is 1. The van der Waals surface area contributed by atoms with E-state index in [0.717, 1.165) is 5.56 Å². The number of hydrogen-bond donors (Lipinski definition) is 2. The van der Waals surface area contributed by atoms with Crippen LogP contribution >= 0.6 is 11.6 Å². The van der Waals surface area contributed by atoms with Gasteiger partial charge in [0, 0.05) is 18.7 Å². The van der Waals surface area contributed by atoms with E-state index in [4.69, 9.17) is 21.1 Å². The maximum absolute atomic E-state index is 13.5. The van der Waals surface area contributed by atoms with Crippen LogP contribution in [0, 0.1) is 5.82 Å². The average molecular weight is 365 g/mol. The first-order valence-electron chi connectivity index (χ1n) is 7.96. The van der Waals surface area contributed by atoms with E-state index in [9.17, 15) is 9.18 Å². The molecular formula is C18H18ClFN2O3. The Bertz CT molecular complexity index is 770. The fourth-order valence-electron chi connectivity index (χ4n) is 2.51. The molecule has 3 rings (SSSR count). The van der Waals surface area contributed by atoms with Crippen LogP contribution in [-0.4, -0.2) is 25.8 Å². The Morgan fingerprint density at radius 1 is 1.16 bits per heavy atom. The van der Waals surface area contributed by atoms with Crippen LogP contribution in [0.3, 0.4) is 0 Å². The maximum Gasteiger partial charge on any atom is 0.315 e. The van der Waals surface area contributed by atoms with Crippen molar-refractivity contribution in [3.8, 4) is 11.5 Å². The third kappa shape index (κ3) is 4.54. The van der Waals surface area contributed by atoms with Gasteiger partial charge in [-0.1, -0.05) is 29.8 Å². The molecule has 0 aliphatic carbocycles. The molecule has 1 aliphatic rings. The zero-order valence-corrected chi connectivity index (χ0v) is 14.2. The molecule has 0 fully saturated rings. The third-order valence-electron chi connectivity index (χ3n) is 3.75. The van der Waals surface area contributed by atoms with E-state index in [-0.39, 0.29) is 18.4 Å². The Labute approximate surface area is 150 Å². The second kappa shape index (κ2) is 8.07. The summed E-state index contributed by atoms with van der Waals surface area (Å²) in [6, 6.07) is 9.63. The maximum atomic E-state index is 13.5. The normalized spacial score (nSPS) is 12.6. The standard InChI is InChI=1S/C18H18ClFN2O3/c19-14-9-12(10-16-17(14)25-8-7-24-16)5-6-21-18(23)22-11-13-3-1-2-4-15(13)20/h1-4,9-10H,5-8,11H2,(H2,21,22,23). The highest BCUT2D eigenvalue weighted by Crippen LogP contribution is 2.38. The van der Waals surface area contributed by atoms with Gasteiger partial charge in [-0.2, -0.15) is 0 Å². The number of ether oxygens (including phenoxy) is 2. The van der Waals surface area contributed by atoms with Crippen molar-refractivity contribution in [2.24, 2.45) is 0 Å². The first-order valence-corrected chi connectivity index (χ1v) is 8.34. The topological polar surface area (TPSA) is 59.6 Å². The summed E-state index contributed by atoms with van der Waals surface area (Å²) in [4.78, 5) is 11.8. The number of benzene rings is 2. The van der Waals surface area contributed by atoms with E-state index < -0.39 is 0 Å². The molecule has 0 radical (unpaired) electrons. The van der Waals surface area contributed by atoms with Crippen LogP contribution in [0.5, 0.6) is 11.5 Å². The summed E-state index contributed by atoms with van der Waals surface area (Å²) in [5.74, 6) is 0.846. The molecule has 0 atom stereocenters. The van der Waals surface area contributed by atoms with Crippen LogP contribution in [0.25, 0.3) is 0 Å². The smallest absolute Gasteiger partial charge is 0.315 e. The van der Waals surface area contributed by atoms with Gasteiger partial charge in [0.2, 0.25) is 0 Å². The van der Waals surface area contributed by atoms with Crippen molar-refractivity contribution in [3.05, 3.63) is 58.4 Å². The van der Waals surface area contributed by atoms with Crippen molar-refractivity contribution >= 4 is 17.6 Å². The molecule has 5 nitrogen and oxygen atoms in total. The van der Waals surface area contributed by atoms with Gasteiger partial charge in [-0.15, -0.1) is 0 Å². The van der Waals surface area contributed by atoms with Crippen molar-refractivity contribution in [2.45, 2.75) is 13.0 Å². The Morgan fingerprint density at radius 3 is 2.80 bits per heavy atom. The number of carbonyl (C=O) groups is 1. The number of hydrogen-bond acceptors (Lipinski definition) is 3. The zero-order valence-electron chi connectivity index (χ0n) is 13.5. The SMILES string of the molecule is O=C(NCCc1cc(Cl)c2c(c1)OCCO2)NCc1ccccc1F. The largest absolute Gasteiger partial charge is 0.486 e. The van der Waals surface area contributed by atoms with Crippen molar-refractivity contribution < 1.29 is 18.7 Å². The molecule has 0 unspecified atom stereocenters. The minimum Gasteiger partial charge on any atom is -0.486 e. The Morgan fingerprint density at radius 2 is 1.96 bits per heavy atom. The first-order chi connectivity index (χ1) is 12.1. The van der Waals surface area contributed by atoms with Crippen LogP contribution in [0.2, 0.25) is 5.02 Å². The predicted molar refractivity (Wildman–Crippen MR) is 92.8 cm³/mol. The van der Waals surface area contributed by atoms with Gasteiger partial charge in [-0.3, -0.25) is 0 Å². The summed E-state index contributed by atoms with van der Waals surface area (Å²) < 4.78 is 24.5. The molecule has 0 saturated heterocycles. The second-order valence-electron chi connectivity index (χ2n) is 5.55. The predicted octanol–water partition coefficient (Wildman–Crippen LogP) is 3.29. The molecule has 2 N–H and O–H groups in total. The lowest BCUT2D eigenvalue weighted by atomic mass is 10.1. The van der Waals surface area contributed by atoms with Gasteiger partial charge in [0.25, 0.3) is 0 Å². The summed E-state index contributed by atoms with van der Waals surface area (Å²) in [5.41, 5.74) is 1.37. The molecule has 2 aromatic rings. The van der Waals surface area contributed by atoms with Crippen LogP contribution < -0.4 is 20.1 Å². The molecule has 2 aromatic carbocycles. The summed E-state index contributed by atoms with van der Waals surface area (Å²) in [6.07, 6.45) is 0.587. The molecule has 25 heavy (non-hydrogen) atoms. The van der Waals surface area contributed by atoms with Crippen molar-refractivity contribution in [1.82, 2.24) is 10.6 Å². The number of halogens is 2. The Kier molecular flexibility index (Phi) is 5.60. The highest BCUT2D eigenvalue weighted by atomic mass is 35.5. The van der Waals surface area contributed by atoms with Crippen LogP contribution in [0.15, 0.2) is 36.4 Å². The molecule has 1 aliphatic heterocycles. The lowest BCUT2D eigenvalue weighted by molar-refractivity contribution is 0.171. The monoisotopic (exact) mass is 364 g/mol. The fraction of sp³-hybridized carbons (Fsp3) is 0.278. The van der Waals surface area contributed by atoms with Gasteiger partial charge in [0.05, 0.1) is 5.02 Å². The lowest BCUT2D eigenvalue weighted by Gasteiger charge is -2.20. The zero-order chi connectivity index (χ0) is 17.6. The summed E-state index contributed by atoms with van der Waals surface area (Å²) in [6.45, 7) is 1.52. The molecule has 132 valence electrons. The number of nitrogens with one attached hydrogen (secondary N) is 2. The van der Waals surface area contributed by atoms with E-state index in [1.807, 2.05) is 6.07 Å². The summed E-state index contributed by atoms with van der Waals surface area (Å²) in [5, 5.41) is 5.86. The van der Waals surface area contributed by atoms with Crippen molar-refractivity contribution in [3.63, 3.8) is 0 Å². The second-order valence-corrected chi connectivity index (χ2v) is 5.96. The summed E-state index contributed by atoms with van der Waals surface area (Å²) in [7, 11) is 0. The van der Waals surface area contributed by atoms with Gasteiger partial charge < -0.3 is 20.1 Å². The molecule has 1 heterocycles. The van der Waals surface area contributed by atoms with Crippen LogP contribution in [-0.2, 0) is 13.0 Å². The van der Waals surface area contributed by atoms with Crippen molar-refractivity contribution in [1.29, 1.82) is 0 Å². The molecule has 0 spiro atoms. The van der Waals surface area contributed by atoms with E-state index in [0.29, 0.717) is 48.3 Å². The minimum absolute atomic E-state index is 0.133. The highest BCUT2D eigenvalue weighted by molar-refractivity contribution is 6.32. The average Bonchev–Trinajstić information content (AvgIpc) is 2.61. The number of rotatable bonds is 5. The number of fused-ring (bicyclic) bond motifs is 1.